The van der Waals surface area contributed by atoms with Crippen molar-refractivity contribution >= 4 is 5.57 Å². The lowest BCUT2D eigenvalue weighted by molar-refractivity contribution is 0.0584. The van der Waals surface area contributed by atoms with E-state index in [1.54, 1.807) is 6.08 Å². The van der Waals surface area contributed by atoms with Crippen LogP contribution in [0.5, 0.6) is 0 Å². The van der Waals surface area contributed by atoms with Crippen LogP contribution in [-0.2, 0) is 0 Å². The Morgan fingerprint density at radius 2 is 1.79 bits per heavy atom. The number of benzene rings is 1. The maximum Gasteiger partial charge on any atom is 0.270 e. The highest BCUT2D eigenvalue weighted by Gasteiger charge is 2.26. The average molecular weight is 192 g/mol. The fraction of sp³-hybridized carbons (Fsp3) is 0.167. The summed E-state index contributed by atoms with van der Waals surface area (Å²) < 4.78 is 26.0. The van der Waals surface area contributed by atoms with Gasteiger partial charge in [-0.25, -0.2) is 8.78 Å². The van der Waals surface area contributed by atoms with Crippen LogP contribution in [0.3, 0.4) is 0 Å². The summed E-state index contributed by atoms with van der Waals surface area (Å²) in [6, 6.07) is 9.22. The first-order valence-corrected chi connectivity index (χ1v) is 4.50. The summed E-state index contributed by atoms with van der Waals surface area (Å²) in [5, 5.41) is 0. The normalized spacial score (nSPS) is 19.1. The predicted octanol–water partition coefficient (Wildman–Crippen LogP) is 3.67. The molecule has 0 amide bonds. The van der Waals surface area contributed by atoms with Crippen molar-refractivity contribution in [3.05, 3.63) is 54.1 Å². The van der Waals surface area contributed by atoms with Gasteiger partial charge in [0.1, 0.15) is 0 Å². The van der Waals surface area contributed by atoms with Crippen LogP contribution in [0.1, 0.15) is 12.0 Å². The molecule has 0 N–H and O–H groups in total. The largest absolute Gasteiger partial charge is 0.270 e. The molecule has 1 aliphatic carbocycles. The zero-order chi connectivity index (χ0) is 10.0. The molecule has 0 radical (unpaired) electrons. The second kappa shape index (κ2) is 3.37. The molecule has 2 rings (SSSR count). The highest BCUT2D eigenvalue weighted by atomic mass is 19.3. The molecule has 14 heavy (non-hydrogen) atoms. The summed E-state index contributed by atoms with van der Waals surface area (Å²) >= 11 is 0. The van der Waals surface area contributed by atoms with Crippen molar-refractivity contribution in [2.75, 3.05) is 0 Å². The molecule has 0 spiro atoms. The van der Waals surface area contributed by atoms with Crippen LogP contribution in [0.4, 0.5) is 8.78 Å². The minimum atomic E-state index is -2.69. The Labute approximate surface area is 81.6 Å². The van der Waals surface area contributed by atoms with Gasteiger partial charge in [-0.2, -0.15) is 0 Å². The maximum atomic E-state index is 13.0. The summed E-state index contributed by atoms with van der Waals surface area (Å²) in [6.07, 6.45) is 4.10. The Kier molecular flexibility index (Phi) is 2.20. The lowest BCUT2D eigenvalue weighted by atomic mass is 9.98. The van der Waals surface area contributed by atoms with E-state index in [0.29, 0.717) is 5.57 Å². The number of alkyl halides is 2. The molecule has 0 atom stereocenters. The van der Waals surface area contributed by atoms with Gasteiger partial charge in [0.25, 0.3) is 5.92 Å². The van der Waals surface area contributed by atoms with E-state index in [1.807, 2.05) is 30.3 Å². The van der Waals surface area contributed by atoms with Crippen molar-refractivity contribution in [1.82, 2.24) is 0 Å². The second-order valence-electron chi connectivity index (χ2n) is 3.33. The molecule has 1 aromatic rings. The molecule has 0 fully saturated rings. The van der Waals surface area contributed by atoms with Gasteiger partial charge in [0, 0.05) is 6.42 Å². The lowest BCUT2D eigenvalue weighted by Gasteiger charge is -2.15. The molecule has 1 aromatic carbocycles. The SMILES string of the molecule is FC1(F)C=C(c2ccccc2)C=CC1. The van der Waals surface area contributed by atoms with E-state index in [9.17, 15) is 8.78 Å². The van der Waals surface area contributed by atoms with Crippen molar-refractivity contribution in [2.24, 2.45) is 0 Å². The third-order valence-corrected chi connectivity index (χ3v) is 2.16. The molecular formula is C12H10F2. The molecule has 0 bridgehead atoms. The third-order valence-electron chi connectivity index (χ3n) is 2.16. The van der Waals surface area contributed by atoms with Crippen LogP contribution >= 0.6 is 0 Å². The molecule has 1 aliphatic rings. The van der Waals surface area contributed by atoms with E-state index in [-0.39, 0.29) is 6.42 Å². The van der Waals surface area contributed by atoms with Crippen molar-refractivity contribution in [1.29, 1.82) is 0 Å². The first-order valence-electron chi connectivity index (χ1n) is 4.50. The zero-order valence-electron chi connectivity index (χ0n) is 7.58. The first-order chi connectivity index (χ1) is 6.67. The lowest BCUT2D eigenvalue weighted by Crippen LogP contribution is -2.13. The third kappa shape index (κ3) is 1.90. The van der Waals surface area contributed by atoms with Gasteiger partial charge in [-0.3, -0.25) is 0 Å². The van der Waals surface area contributed by atoms with Crippen molar-refractivity contribution in [2.45, 2.75) is 12.3 Å². The number of hydrogen-bond acceptors (Lipinski definition) is 0. The van der Waals surface area contributed by atoms with Gasteiger partial charge >= 0.3 is 0 Å². The Morgan fingerprint density at radius 3 is 2.43 bits per heavy atom. The van der Waals surface area contributed by atoms with E-state index in [1.165, 1.54) is 6.08 Å². The highest BCUT2D eigenvalue weighted by molar-refractivity contribution is 5.75. The number of rotatable bonds is 1. The summed E-state index contributed by atoms with van der Waals surface area (Å²) in [4.78, 5) is 0. The Morgan fingerprint density at radius 1 is 1.07 bits per heavy atom. The minimum Gasteiger partial charge on any atom is -0.202 e. The fourth-order valence-corrected chi connectivity index (χ4v) is 1.49. The van der Waals surface area contributed by atoms with Gasteiger partial charge in [-0.15, -0.1) is 0 Å². The molecule has 0 saturated carbocycles. The summed E-state index contributed by atoms with van der Waals surface area (Å²) in [5.74, 6) is -2.69. The van der Waals surface area contributed by atoms with Crippen LogP contribution in [0.25, 0.3) is 5.57 Å². The van der Waals surface area contributed by atoms with Crippen LogP contribution in [-0.4, -0.2) is 5.92 Å². The summed E-state index contributed by atoms with van der Waals surface area (Å²) in [7, 11) is 0. The van der Waals surface area contributed by atoms with Crippen molar-refractivity contribution in [3.63, 3.8) is 0 Å². The van der Waals surface area contributed by atoms with Crippen molar-refractivity contribution in [3.8, 4) is 0 Å². The predicted molar refractivity (Wildman–Crippen MR) is 53.1 cm³/mol. The molecule has 0 unspecified atom stereocenters. The molecule has 0 nitrogen and oxygen atoms in total. The molecule has 0 aliphatic heterocycles. The smallest absolute Gasteiger partial charge is 0.202 e. The monoisotopic (exact) mass is 192 g/mol. The van der Waals surface area contributed by atoms with E-state index in [0.717, 1.165) is 11.6 Å². The maximum absolute atomic E-state index is 13.0. The van der Waals surface area contributed by atoms with Crippen LogP contribution in [0.15, 0.2) is 48.6 Å². The van der Waals surface area contributed by atoms with E-state index < -0.39 is 5.92 Å². The number of halogens is 2. The zero-order valence-corrected chi connectivity index (χ0v) is 7.58. The first kappa shape index (κ1) is 9.13. The summed E-state index contributed by atoms with van der Waals surface area (Å²) in [5.41, 5.74) is 1.44. The molecule has 0 heterocycles. The Bertz CT molecular complexity index is 375. The molecule has 0 saturated heterocycles. The van der Waals surface area contributed by atoms with E-state index >= 15 is 0 Å². The number of hydrogen-bond donors (Lipinski definition) is 0. The molecule has 2 heteroatoms. The fourth-order valence-electron chi connectivity index (χ4n) is 1.49. The standard InChI is InChI=1S/C12H10F2/c13-12(14)8-4-7-11(9-12)10-5-2-1-3-6-10/h1-7,9H,8H2. The van der Waals surface area contributed by atoms with Gasteiger partial charge in [-0.05, 0) is 17.2 Å². The van der Waals surface area contributed by atoms with Gasteiger partial charge < -0.3 is 0 Å². The average Bonchev–Trinajstić information content (AvgIpc) is 2.18. The van der Waals surface area contributed by atoms with E-state index in [4.69, 9.17) is 0 Å². The minimum absolute atomic E-state index is 0.191. The van der Waals surface area contributed by atoms with Crippen LogP contribution in [0.2, 0.25) is 0 Å². The van der Waals surface area contributed by atoms with Gasteiger partial charge in [0.15, 0.2) is 0 Å². The topological polar surface area (TPSA) is 0 Å². The quantitative estimate of drug-likeness (QED) is 0.636. The van der Waals surface area contributed by atoms with Gasteiger partial charge in [0.2, 0.25) is 0 Å². The van der Waals surface area contributed by atoms with E-state index in [2.05, 4.69) is 0 Å². The number of allylic oxidation sites excluding steroid dienone is 4. The Hall–Kier alpha value is -1.44. The highest BCUT2D eigenvalue weighted by Crippen LogP contribution is 2.31. The van der Waals surface area contributed by atoms with Gasteiger partial charge in [-0.1, -0.05) is 42.5 Å². The Balaban J connectivity index is 2.36. The molecular weight excluding hydrogens is 182 g/mol. The van der Waals surface area contributed by atoms with Crippen molar-refractivity contribution < 1.29 is 8.78 Å². The van der Waals surface area contributed by atoms with Gasteiger partial charge in [0.05, 0.1) is 0 Å². The molecule has 0 aromatic heterocycles. The van der Waals surface area contributed by atoms with Crippen LogP contribution < -0.4 is 0 Å². The van der Waals surface area contributed by atoms with Crippen LogP contribution in [0, 0.1) is 0 Å². The molecule has 72 valence electrons. The summed E-state index contributed by atoms with van der Waals surface area (Å²) in [6.45, 7) is 0. The second-order valence-corrected chi connectivity index (χ2v) is 3.33.